The molecule has 0 unspecified atom stereocenters. The van der Waals surface area contributed by atoms with E-state index in [2.05, 4.69) is 27.6 Å². The van der Waals surface area contributed by atoms with Crippen LogP contribution < -0.4 is 5.32 Å². The smallest absolute Gasteiger partial charge is 0.226 e. The van der Waals surface area contributed by atoms with E-state index in [1.807, 2.05) is 31.4 Å². The number of hydrogen-bond acceptors (Lipinski definition) is 6. The molecule has 27 heavy (non-hydrogen) atoms. The van der Waals surface area contributed by atoms with Crippen molar-refractivity contribution in [3.8, 4) is 11.3 Å². The molecule has 0 aliphatic rings. The molecule has 2 heterocycles. The quantitative estimate of drug-likeness (QED) is 0.629. The van der Waals surface area contributed by atoms with Crippen LogP contribution in [0.15, 0.2) is 34.2 Å². The average molecular weight is 385 g/mol. The Kier molecular flexibility index (Phi) is 6.36. The van der Waals surface area contributed by atoms with Crippen LogP contribution in [0.1, 0.15) is 29.0 Å². The zero-order chi connectivity index (χ0) is 19.2. The second kappa shape index (κ2) is 8.92. The van der Waals surface area contributed by atoms with E-state index in [-0.39, 0.29) is 5.91 Å². The molecule has 0 saturated heterocycles. The minimum Gasteiger partial charge on any atom is -0.384 e. The molecule has 1 aromatic carbocycles. The van der Waals surface area contributed by atoms with Crippen LogP contribution in [0, 0.1) is 13.8 Å². The van der Waals surface area contributed by atoms with Gasteiger partial charge in [-0.15, -0.1) is 11.3 Å². The van der Waals surface area contributed by atoms with Crippen LogP contribution in [0.4, 0.5) is 5.13 Å². The fraction of sp³-hybridized carbons (Fsp3) is 0.350. The lowest BCUT2D eigenvalue weighted by Gasteiger charge is -2.03. The topological polar surface area (TPSA) is 77.2 Å². The summed E-state index contributed by atoms with van der Waals surface area (Å²) in [6, 6.07) is 8.25. The predicted molar refractivity (Wildman–Crippen MR) is 106 cm³/mol. The third-order valence-electron chi connectivity index (χ3n) is 4.38. The van der Waals surface area contributed by atoms with Gasteiger partial charge in [0.05, 0.1) is 18.0 Å². The van der Waals surface area contributed by atoms with E-state index in [1.165, 1.54) is 16.9 Å². The Morgan fingerprint density at radius 1 is 1.22 bits per heavy atom. The maximum atomic E-state index is 12.2. The third kappa shape index (κ3) is 5.02. The van der Waals surface area contributed by atoms with Gasteiger partial charge < -0.3 is 14.6 Å². The number of nitrogens with zero attached hydrogens (tertiary/aromatic N) is 2. The molecule has 0 saturated carbocycles. The van der Waals surface area contributed by atoms with Crippen LogP contribution in [0.2, 0.25) is 0 Å². The molecule has 3 aromatic rings. The van der Waals surface area contributed by atoms with Crippen molar-refractivity contribution >= 4 is 22.4 Å². The summed E-state index contributed by atoms with van der Waals surface area (Å²) >= 11 is 1.43. The molecule has 142 valence electrons. The van der Waals surface area contributed by atoms with Gasteiger partial charge in [0.15, 0.2) is 5.13 Å². The first-order valence-corrected chi connectivity index (χ1v) is 9.70. The van der Waals surface area contributed by atoms with Crippen LogP contribution >= 0.6 is 11.3 Å². The minimum atomic E-state index is -0.0641. The number of carbonyl (C=O) groups is 1. The van der Waals surface area contributed by atoms with Crippen molar-refractivity contribution in [3.05, 3.63) is 52.2 Å². The molecule has 0 aliphatic carbocycles. The van der Waals surface area contributed by atoms with Crippen molar-refractivity contribution in [3.63, 3.8) is 0 Å². The van der Waals surface area contributed by atoms with Gasteiger partial charge in [-0.2, -0.15) is 0 Å². The first-order chi connectivity index (χ1) is 13.1. The van der Waals surface area contributed by atoms with E-state index in [1.54, 1.807) is 7.11 Å². The molecule has 0 bridgehead atoms. The molecule has 1 N–H and O–H groups in total. The Morgan fingerprint density at radius 2 is 2.00 bits per heavy atom. The molecule has 7 heteroatoms. The second-order valence-electron chi connectivity index (χ2n) is 6.33. The molecule has 0 aliphatic heterocycles. The van der Waals surface area contributed by atoms with Crippen molar-refractivity contribution in [2.45, 2.75) is 33.1 Å². The number of anilines is 1. The monoisotopic (exact) mass is 385 g/mol. The lowest BCUT2D eigenvalue weighted by atomic mass is 10.1. The van der Waals surface area contributed by atoms with Crippen molar-refractivity contribution in [1.29, 1.82) is 0 Å². The van der Waals surface area contributed by atoms with Crippen molar-refractivity contribution < 1.29 is 14.1 Å². The number of aryl methyl sites for hydroxylation is 2. The molecule has 0 atom stereocenters. The highest BCUT2D eigenvalue weighted by molar-refractivity contribution is 7.14. The zero-order valence-corrected chi connectivity index (χ0v) is 16.6. The maximum absolute atomic E-state index is 12.2. The predicted octanol–water partition coefficient (Wildman–Crippen LogP) is 4.18. The van der Waals surface area contributed by atoms with Gasteiger partial charge in [0.2, 0.25) is 5.91 Å². The van der Waals surface area contributed by atoms with Crippen molar-refractivity contribution in [2.24, 2.45) is 0 Å². The van der Waals surface area contributed by atoms with E-state index >= 15 is 0 Å². The Morgan fingerprint density at radius 3 is 2.67 bits per heavy atom. The number of nitrogens with one attached hydrogen (secondary N) is 1. The summed E-state index contributed by atoms with van der Waals surface area (Å²) in [6.07, 6.45) is 1.86. The number of ether oxygens (including phenoxy) is 1. The molecule has 6 nitrogen and oxygen atoms in total. The molecule has 2 aromatic heterocycles. The van der Waals surface area contributed by atoms with Crippen LogP contribution in [0.5, 0.6) is 0 Å². The first kappa shape index (κ1) is 19.3. The molecule has 3 rings (SSSR count). The summed E-state index contributed by atoms with van der Waals surface area (Å²) in [4.78, 5) is 16.7. The van der Waals surface area contributed by atoms with Crippen LogP contribution in [0.3, 0.4) is 0 Å². The van der Waals surface area contributed by atoms with Gasteiger partial charge in [-0.05, 0) is 32.3 Å². The Labute approximate surface area is 162 Å². The number of hydrogen-bond donors (Lipinski definition) is 1. The van der Waals surface area contributed by atoms with Gasteiger partial charge in [-0.3, -0.25) is 4.79 Å². The normalized spacial score (nSPS) is 10.9. The average Bonchev–Trinajstić information content (AvgIpc) is 3.25. The van der Waals surface area contributed by atoms with E-state index in [4.69, 9.17) is 9.26 Å². The number of aromatic nitrogens is 2. The summed E-state index contributed by atoms with van der Waals surface area (Å²) in [5.74, 6) is 0.705. The maximum Gasteiger partial charge on any atom is 0.226 e. The Hall–Kier alpha value is -2.51. The highest BCUT2D eigenvalue weighted by Crippen LogP contribution is 2.25. The molecular weight excluding hydrogens is 362 g/mol. The van der Waals surface area contributed by atoms with Gasteiger partial charge in [0.25, 0.3) is 0 Å². The summed E-state index contributed by atoms with van der Waals surface area (Å²) < 4.78 is 10.2. The Bertz CT molecular complexity index is 880. The van der Waals surface area contributed by atoms with Crippen molar-refractivity contribution in [2.75, 3.05) is 19.0 Å². The summed E-state index contributed by atoms with van der Waals surface area (Å²) in [6.45, 7) is 4.46. The van der Waals surface area contributed by atoms with Gasteiger partial charge in [0.1, 0.15) is 5.76 Å². The standard InChI is InChI=1S/C20H23N3O3S/c1-13-17(14(2)26-23-13)8-9-19(24)22-20-21-18(12-27-20)16-6-4-15(5-7-16)10-11-25-3/h4-7,12H,8-11H2,1-3H3,(H,21,22,24). The SMILES string of the molecule is COCCc1ccc(-c2csc(NC(=O)CCc3c(C)noc3C)n2)cc1. The first-order valence-electron chi connectivity index (χ1n) is 8.82. The van der Waals surface area contributed by atoms with E-state index < -0.39 is 0 Å². The second-order valence-corrected chi connectivity index (χ2v) is 7.19. The lowest BCUT2D eigenvalue weighted by molar-refractivity contribution is -0.116. The van der Waals surface area contributed by atoms with Gasteiger partial charge in [0, 0.05) is 30.0 Å². The van der Waals surface area contributed by atoms with Crippen LogP contribution in [0.25, 0.3) is 11.3 Å². The third-order valence-corrected chi connectivity index (χ3v) is 5.14. The summed E-state index contributed by atoms with van der Waals surface area (Å²) in [7, 11) is 1.70. The molecule has 1 amide bonds. The molecule has 0 fully saturated rings. The minimum absolute atomic E-state index is 0.0641. The summed E-state index contributed by atoms with van der Waals surface area (Å²) in [5.41, 5.74) is 4.95. The number of carbonyl (C=O) groups excluding carboxylic acids is 1. The number of rotatable bonds is 8. The highest BCUT2D eigenvalue weighted by Gasteiger charge is 2.13. The zero-order valence-electron chi connectivity index (χ0n) is 15.7. The lowest BCUT2D eigenvalue weighted by Crippen LogP contribution is -2.12. The molecular formula is C20H23N3O3S. The number of thiazole rings is 1. The van der Waals surface area contributed by atoms with Crippen molar-refractivity contribution in [1.82, 2.24) is 10.1 Å². The fourth-order valence-corrected chi connectivity index (χ4v) is 3.54. The van der Waals surface area contributed by atoms with E-state index in [9.17, 15) is 4.79 Å². The Balaban J connectivity index is 1.56. The van der Waals surface area contributed by atoms with E-state index in [0.717, 1.165) is 34.7 Å². The largest absolute Gasteiger partial charge is 0.384 e. The van der Waals surface area contributed by atoms with Gasteiger partial charge >= 0.3 is 0 Å². The number of amides is 1. The van der Waals surface area contributed by atoms with Crippen LogP contribution in [-0.2, 0) is 22.4 Å². The van der Waals surface area contributed by atoms with Gasteiger partial charge in [-0.1, -0.05) is 29.4 Å². The number of methoxy groups -OCH3 is 1. The van der Waals surface area contributed by atoms with E-state index in [0.29, 0.717) is 24.6 Å². The summed E-state index contributed by atoms with van der Waals surface area (Å²) in [5, 5.41) is 9.35. The molecule has 0 spiro atoms. The van der Waals surface area contributed by atoms with Gasteiger partial charge in [-0.25, -0.2) is 4.98 Å². The number of benzene rings is 1. The van der Waals surface area contributed by atoms with Crippen LogP contribution in [-0.4, -0.2) is 29.8 Å². The fourth-order valence-electron chi connectivity index (χ4n) is 2.80. The highest BCUT2D eigenvalue weighted by atomic mass is 32.1. The molecule has 0 radical (unpaired) electrons.